The third-order valence-corrected chi connectivity index (χ3v) is 2.79. The van der Waals surface area contributed by atoms with Gasteiger partial charge in [-0.1, -0.05) is 46.3 Å². The molecule has 0 N–H and O–H groups in total. The van der Waals surface area contributed by atoms with Gasteiger partial charge in [0.2, 0.25) is 5.79 Å². The fourth-order valence-electron chi connectivity index (χ4n) is 1.20. The minimum Gasteiger partial charge on any atom is -0.349 e. The largest absolute Gasteiger partial charge is 0.349 e. The van der Waals surface area contributed by atoms with Crippen molar-refractivity contribution in [1.82, 2.24) is 0 Å². The molecular formula is C10H13BrO2. The topological polar surface area (TPSA) is 18.5 Å². The molecule has 2 nitrogen and oxygen atoms in total. The van der Waals surface area contributed by atoms with Gasteiger partial charge in [-0.05, 0) is 0 Å². The number of halogens is 1. The summed E-state index contributed by atoms with van der Waals surface area (Å²) in [5, 5.41) is 0.608. The van der Waals surface area contributed by atoms with Crippen molar-refractivity contribution in [2.45, 2.75) is 5.79 Å². The highest BCUT2D eigenvalue weighted by atomic mass is 79.9. The van der Waals surface area contributed by atoms with E-state index in [1.807, 2.05) is 30.3 Å². The molecule has 1 aromatic carbocycles. The first kappa shape index (κ1) is 10.7. The molecule has 0 heterocycles. The van der Waals surface area contributed by atoms with Gasteiger partial charge in [0, 0.05) is 19.8 Å². The van der Waals surface area contributed by atoms with Crippen LogP contribution in [0.3, 0.4) is 0 Å². The zero-order valence-electron chi connectivity index (χ0n) is 7.79. The number of benzene rings is 1. The summed E-state index contributed by atoms with van der Waals surface area (Å²) >= 11 is 3.38. The Balaban J connectivity index is 3.01. The number of methoxy groups -OCH3 is 2. The van der Waals surface area contributed by atoms with Crippen LogP contribution in [0.4, 0.5) is 0 Å². The first-order valence-corrected chi connectivity index (χ1v) is 5.13. The average molecular weight is 245 g/mol. The molecule has 3 heteroatoms. The molecule has 72 valence electrons. The van der Waals surface area contributed by atoms with Crippen LogP contribution < -0.4 is 0 Å². The Kier molecular flexibility index (Phi) is 3.90. The van der Waals surface area contributed by atoms with Crippen LogP contribution >= 0.6 is 15.9 Å². The van der Waals surface area contributed by atoms with Crippen molar-refractivity contribution < 1.29 is 9.47 Å². The smallest absolute Gasteiger partial charge is 0.204 e. The van der Waals surface area contributed by atoms with Crippen molar-refractivity contribution in [3.8, 4) is 0 Å². The number of hydrogen-bond acceptors (Lipinski definition) is 2. The van der Waals surface area contributed by atoms with E-state index in [4.69, 9.17) is 9.47 Å². The number of hydrogen-bond donors (Lipinski definition) is 0. The maximum atomic E-state index is 5.35. The summed E-state index contributed by atoms with van der Waals surface area (Å²) in [6.45, 7) is 0. The molecule has 0 saturated carbocycles. The van der Waals surface area contributed by atoms with Gasteiger partial charge in [0.05, 0.1) is 5.33 Å². The van der Waals surface area contributed by atoms with Crippen LogP contribution in [-0.4, -0.2) is 19.5 Å². The molecule has 0 aliphatic heterocycles. The van der Waals surface area contributed by atoms with Crippen molar-refractivity contribution in [2.75, 3.05) is 19.5 Å². The number of alkyl halides is 1. The van der Waals surface area contributed by atoms with Gasteiger partial charge in [-0.3, -0.25) is 0 Å². The van der Waals surface area contributed by atoms with E-state index in [1.54, 1.807) is 14.2 Å². The predicted octanol–water partition coefficient (Wildman–Crippen LogP) is 2.53. The molecule has 0 fully saturated rings. The van der Waals surface area contributed by atoms with Gasteiger partial charge in [-0.2, -0.15) is 0 Å². The summed E-state index contributed by atoms with van der Waals surface area (Å²) < 4.78 is 10.7. The van der Waals surface area contributed by atoms with Crippen molar-refractivity contribution in [3.05, 3.63) is 35.9 Å². The highest BCUT2D eigenvalue weighted by molar-refractivity contribution is 9.09. The summed E-state index contributed by atoms with van der Waals surface area (Å²) in [5.41, 5.74) is 1.01. The number of rotatable bonds is 4. The van der Waals surface area contributed by atoms with E-state index in [0.717, 1.165) is 5.56 Å². The lowest BCUT2D eigenvalue weighted by Crippen LogP contribution is -2.32. The quantitative estimate of drug-likeness (QED) is 0.599. The molecular weight excluding hydrogens is 232 g/mol. The predicted molar refractivity (Wildman–Crippen MR) is 55.9 cm³/mol. The summed E-state index contributed by atoms with van der Waals surface area (Å²) in [6, 6.07) is 9.85. The molecule has 1 rings (SSSR count). The van der Waals surface area contributed by atoms with Crippen molar-refractivity contribution in [1.29, 1.82) is 0 Å². The first-order chi connectivity index (χ1) is 6.29. The second-order valence-electron chi connectivity index (χ2n) is 2.66. The maximum absolute atomic E-state index is 5.35. The third kappa shape index (κ3) is 2.10. The van der Waals surface area contributed by atoms with E-state index in [9.17, 15) is 0 Å². The van der Waals surface area contributed by atoms with Crippen LogP contribution in [0, 0.1) is 0 Å². The second kappa shape index (κ2) is 4.74. The van der Waals surface area contributed by atoms with Gasteiger partial charge in [-0.15, -0.1) is 0 Å². The maximum Gasteiger partial charge on any atom is 0.204 e. The molecule has 0 aliphatic carbocycles. The van der Waals surface area contributed by atoms with Crippen LogP contribution in [0.15, 0.2) is 30.3 Å². The van der Waals surface area contributed by atoms with E-state index in [0.29, 0.717) is 5.33 Å². The highest BCUT2D eigenvalue weighted by Crippen LogP contribution is 2.27. The summed E-state index contributed by atoms with van der Waals surface area (Å²) in [6.07, 6.45) is 0. The van der Waals surface area contributed by atoms with Crippen LogP contribution in [0.1, 0.15) is 5.56 Å². The lowest BCUT2D eigenvalue weighted by Gasteiger charge is -2.29. The third-order valence-electron chi connectivity index (χ3n) is 2.05. The molecule has 0 aliphatic rings. The minimum absolute atomic E-state index is 0.608. The van der Waals surface area contributed by atoms with E-state index < -0.39 is 5.79 Å². The fraction of sp³-hybridized carbons (Fsp3) is 0.400. The Morgan fingerprint density at radius 1 is 1.15 bits per heavy atom. The lowest BCUT2D eigenvalue weighted by molar-refractivity contribution is -0.196. The Morgan fingerprint density at radius 3 is 2.08 bits per heavy atom. The van der Waals surface area contributed by atoms with Crippen LogP contribution in [0.2, 0.25) is 0 Å². The normalized spacial score (nSPS) is 11.6. The molecule has 0 unspecified atom stereocenters. The van der Waals surface area contributed by atoms with Crippen LogP contribution in [0.5, 0.6) is 0 Å². The van der Waals surface area contributed by atoms with E-state index in [-0.39, 0.29) is 0 Å². The number of ether oxygens (including phenoxy) is 2. The zero-order chi connectivity index (χ0) is 9.73. The lowest BCUT2D eigenvalue weighted by atomic mass is 10.1. The monoisotopic (exact) mass is 244 g/mol. The summed E-state index contributed by atoms with van der Waals surface area (Å²) in [5.74, 6) is -0.665. The van der Waals surface area contributed by atoms with Crippen molar-refractivity contribution in [2.24, 2.45) is 0 Å². The Hall–Kier alpha value is -0.380. The van der Waals surface area contributed by atoms with Gasteiger partial charge >= 0.3 is 0 Å². The van der Waals surface area contributed by atoms with Gasteiger partial charge in [0.25, 0.3) is 0 Å². The molecule has 1 aromatic rings. The standard InChI is InChI=1S/C10H13BrO2/c1-12-10(8-11,13-2)9-6-4-3-5-7-9/h3-7H,8H2,1-2H3. The van der Waals surface area contributed by atoms with Crippen molar-refractivity contribution in [3.63, 3.8) is 0 Å². The molecule has 0 atom stereocenters. The molecule has 0 amide bonds. The van der Waals surface area contributed by atoms with Crippen LogP contribution in [0.25, 0.3) is 0 Å². The SMILES string of the molecule is COC(CBr)(OC)c1ccccc1. The summed E-state index contributed by atoms with van der Waals surface area (Å²) in [4.78, 5) is 0. The molecule has 13 heavy (non-hydrogen) atoms. The molecule has 0 bridgehead atoms. The Bertz CT molecular complexity index is 236. The average Bonchev–Trinajstić information content (AvgIpc) is 2.23. The fourth-order valence-corrected chi connectivity index (χ4v) is 1.98. The molecule has 0 radical (unpaired) electrons. The first-order valence-electron chi connectivity index (χ1n) is 4.01. The van der Waals surface area contributed by atoms with Gasteiger partial charge in [0.15, 0.2) is 0 Å². The highest BCUT2D eigenvalue weighted by Gasteiger charge is 2.30. The molecule has 0 saturated heterocycles. The van der Waals surface area contributed by atoms with E-state index in [2.05, 4.69) is 15.9 Å². The van der Waals surface area contributed by atoms with Crippen LogP contribution in [-0.2, 0) is 15.3 Å². The molecule has 0 spiro atoms. The van der Waals surface area contributed by atoms with Gasteiger partial charge < -0.3 is 9.47 Å². The molecule has 0 aromatic heterocycles. The zero-order valence-corrected chi connectivity index (χ0v) is 9.37. The Morgan fingerprint density at radius 2 is 1.69 bits per heavy atom. The minimum atomic E-state index is -0.665. The van der Waals surface area contributed by atoms with E-state index >= 15 is 0 Å². The van der Waals surface area contributed by atoms with Gasteiger partial charge in [0.1, 0.15) is 0 Å². The Labute approximate surface area is 87.0 Å². The summed E-state index contributed by atoms with van der Waals surface area (Å²) in [7, 11) is 3.27. The second-order valence-corrected chi connectivity index (χ2v) is 3.22. The van der Waals surface area contributed by atoms with Gasteiger partial charge in [-0.25, -0.2) is 0 Å². The van der Waals surface area contributed by atoms with E-state index in [1.165, 1.54) is 0 Å². The van der Waals surface area contributed by atoms with Crippen molar-refractivity contribution >= 4 is 15.9 Å².